The van der Waals surface area contributed by atoms with E-state index >= 15 is 0 Å². The summed E-state index contributed by atoms with van der Waals surface area (Å²) in [5.74, 6) is -0.875. The molecule has 0 aliphatic carbocycles. The van der Waals surface area contributed by atoms with Gasteiger partial charge < -0.3 is 5.11 Å². The Labute approximate surface area is 116 Å². The molecule has 0 fully saturated rings. The van der Waals surface area contributed by atoms with Crippen LogP contribution in [0.1, 0.15) is 19.4 Å². The number of aryl methyl sites for hydroxylation is 2. The number of aromatic nitrogens is 2. The fraction of sp³-hybridized carbons (Fsp3) is 0.333. The van der Waals surface area contributed by atoms with Crippen LogP contribution in [0.25, 0.3) is 16.6 Å². The van der Waals surface area contributed by atoms with Crippen molar-refractivity contribution in [2.75, 3.05) is 0 Å². The number of rotatable bonds is 3. The Balaban J connectivity index is 2.70. The van der Waals surface area contributed by atoms with Crippen LogP contribution in [0.15, 0.2) is 29.1 Å². The molecule has 5 nitrogen and oxygen atoms in total. The quantitative estimate of drug-likeness (QED) is 0.871. The number of carboxylic acid groups (broad SMARTS) is 1. The second-order valence-corrected chi connectivity index (χ2v) is 5.20. The molecule has 1 aromatic heterocycles. The van der Waals surface area contributed by atoms with E-state index < -0.39 is 5.97 Å². The van der Waals surface area contributed by atoms with Crippen LogP contribution in [0.2, 0.25) is 0 Å². The lowest BCUT2D eigenvalue weighted by Gasteiger charge is -2.11. The van der Waals surface area contributed by atoms with Gasteiger partial charge in [-0.2, -0.15) is 0 Å². The van der Waals surface area contributed by atoms with Crippen molar-refractivity contribution < 1.29 is 9.90 Å². The average molecular weight is 274 g/mol. The van der Waals surface area contributed by atoms with Crippen LogP contribution in [0.3, 0.4) is 0 Å². The van der Waals surface area contributed by atoms with Crippen molar-refractivity contribution in [3.63, 3.8) is 0 Å². The first kappa shape index (κ1) is 14.1. The van der Waals surface area contributed by atoms with E-state index in [-0.39, 0.29) is 11.6 Å². The Morgan fingerprint density at radius 1 is 1.20 bits per heavy atom. The molecule has 0 aliphatic rings. The SMILES string of the molecule is CC(C)/C(=C\C(=O)O)c1ccc2c(c1)n(C)c(=O)n2C. The summed E-state index contributed by atoms with van der Waals surface area (Å²) in [5, 5.41) is 8.97. The number of carboxylic acids is 1. The lowest BCUT2D eigenvalue weighted by Crippen LogP contribution is -2.19. The molecular formula is C15H18N2O3. The van der Waals surface area contributed by atoms with Gasteiger partial charge in [0, 0.05) is 20.2 Å². The summed E-state index contributed by atoms with van der Waals surface area (Å²) < 4.78 is 3.15. The third kappa shape index (κ3) is 2.27. The number of carbonyl (C=O) groups is 1. The largest absolute Gasteiger partial charge is 0.478 e. The van der Waals surface area contributed by atoms with Crippen molar-refractivity contribution in [3.8, 4) is 0 Å². The maximum Gasteiger partial charge on any atom is 0.328 e. The molecule has 1 heterocycles. The fourth-order valence-electron chi connectivity index (χ4n) is 2.40. The molecule has 0 saturated heterocycles. The van der Waals surface area contributed by atoms with Crippen LogP contribution in [0.4, 0.5) is 0 Å². The third-order valence-electron chi connectivity index (χ3n) is 3.51. The lowest BCUT2D eigenvalue weighted by atomic mass is 9.94. The van der Waals surface area contributed by atoms with E-state index in [9.17, 15) is 9.59 Å². The van der Waals surface area contributed by atoms with E-state index in [2.05, 4.69) is 0 Å². The molecule has 0 bridgehead atoms. The first-order valence-corrected chi connectivity index (χ1v) is 6.43. The average Bonchev–Trinajstić information content (AvgIpc) is 2.60. The molecular weight excluding hydrogens is 256 g/mol. The summed E-state index contributed by atoms with van der Waals surface area (Å²) >= 11 is 0. The molecule has 0 spiro atoms. The van der Waals surface area contributed by atoms with E-state index in [1.807, 2.05) is 32.0 Å². The van der Waals surface area contributed by atoms with Gasteiger partial charge >= 0.3 is 11.7 Å². The number of benzene rings is 1. The highest BCUT2D eigenvalue weighted by molar-refractivity contribution is 5.92. The van der Waals surface area contributed by atoms with Crippen LogP contribution >= 0.6 is 0 Å². The summed E-state index contributed by atoms with van der Waals surface area (Å²) in [4.78, 5) is 22.8. The minimum Gasteiger partial charge on any atom is -0.478 e. The highest BCUT2D eigenvalue weighted by atomic mass is 16.4. The zero-order valence-corrected chi connectivity index (χ0v) is 12.0. The van der Waals surface area contributed by atoms with Gasteiger partial charge in [-0.25, -0.2) is 9.59 Å². The highest BCUT2D eigenvalue weighted by Gasteiger charge is 2.13. The smallest absolute Gasteiger partial charge is 0.328 e. The Morgan fingerprint density at radius 3 is 2.35 bits per heavy atom. The van der Waals surface area contributed by atoms with Crippen LogP contribution in [0.5, 0.6) is 0 Å². The Kier molecular flexibility index (Phi) is 3.53. The van der Waals surface area contributed by atoms with Crippen LogP contribution in [-0.4, -0.2) is 20.2 Å². The summed E-state index contributed by atoms with van der Waals surface area (Å²) in [6.45, 7) is 3.89. The van der Waals surface area contributed by atoms with Gasteiger partial charge in [0.25, 0.3) is 0 Å². The minimum absolute atomic E-state index is 0.0873. The maximum absolute atomic E-state index is 11.9. The van der Waals surface area contributed by atoms with E-state index in [4.69, 9.17) is 5.11 Å². The van der Waals surface area contributed by atoms with E-state index in [1.165, 1.54) is 6.08 Å². The summed E-state index contributed by atoms with van der Waals surface area (Å²) in [5.41, 5.74) is 3.11. The van der Waals surface area contributed by atoms with Gasteiger partial charge in [0.1, 0.15) is 0 Å². The first-order valence-electron chi connectivity index (χ1n) is 6.43. The molecule has 0 atom stereocenters. The van der Waals surface area contributed by atoms with Gasteiger partial charge in [0.15, 0.2) is 0 Å². The minimum atomic E-state index is -0.962. The maximum atomic E-state index is 11.9. The van der Waals surface area contributed by atoms with E-state index in [1.54, 1.807) is 23.2 Å². The number of hydrogen-bond acceptors (Lipinski definition) is 2. The van der Waals surface area contributed by atoms with Crippen molar-refractivity contribution in [1.82, 2.24) is 9.13 Å². The third-order valence-corrected chi connectivity index (χ3v) is 3.51. The van der Waals surface area contributed by atoms with Gasteiger partial charge in [-0.15, -0.1) is 0 Å². The van der Waals surface area contributed by atoms with Crippen LogP contribution < -0.4 is 5.69 Å². The van der Waals surface area contributed by atoms with Crippen molar-refractivity contribution in [3.05, 3.63) is 40.3 Å². The predicted octanol–water partition coefficient (Wildman–Crippen LogP) is 2.00. The number of fused-ring (bicyclic) bond motifs is 1. The Bertz CT molecular complexity index is 763. The molecule has 1 aromatic carbocycles. The number of nitrogens with zero attached hydrogens (tertiary/aromatic N) is 2. The van der Waals surface area contributed by atoms with Gasteiger partial charge in [0.05, 0.1) is 11.0 Å². The predicted molar refractivity (Wildman–Crippen MR) is 78.6 cm³/mol. The Hall–Kier alpha value is -2.30. The van der Waals surface area contributed by atoms with Crippen LogP contribution in [0, 0.1) is 5.92 Å². The fourth-order valence-corrected chi connectivity index (χ4v) is 2.40. The van der Waals surface area contributed by atoms with Crippen molar-refractivity contribution >= 4 is 22.6 Å². The molecule has 0 radical (unpaired) electrons. The van der Waals surface area contributed by atoms with Gasteiger partial charge in [-0.3, -0.25) is 9.13 Å². The summed E-state index contributed by atoms with van der Waals surface area (Å²) in [6, 6.07) is 5.58. The van der Waals surface area contributed by atoms with Crippen molar-refractivity contribution in [1.29, 1.82) is 0 Å². The molecule has 5 heteroatoms. The summed E-state index contributed by atoms with van der Waals surface area (Å²) in [7, 11) is 3.44. The van der Waals surface area contributed by atoms with Gasteiger partial charge in [0.2, 0.25) is 0 Å². The molecule has 0 aliphatic heterocycles. The standard InChI is InChI=1S/C15H18N2O3/c1-9(2)11(8-14(18)19)10-5-6-12-13(7-10)17(4)15(20)16(12)3/h5-9H,1-4H3,(H,18,19)/b11-8+. The lowest BCUT2D eigenvalue weighted by molar-refractivity contribution is -0.131. The molecule has 2 aromatic rings. The monoisotopic (exact) mass is 274 g/mol. The van der Waals surface area contributed by atoms with Crippen molar-refractivity contribution in [2.24, 2.45) is 20.0 Å². The van der Waals surface area contributed by atoms with Gasteiger partial charge in [-0.1, -0.05) is 19.9 Å². The van der Waals surface area contributed by atoms with Gasteiger partial charge in [-0.05, 0) is 29.2 Å². The zero-order chi connectivity index (χ0) is 15.0. The normalized spacial score (nSPS) is 12.3. The summed E-state index contributed by atoms with van der Waals surface area (Å²) in [6.07, 6.45) is 1.23. The molecule has 0 saturated carbocycles. The molecule has 0 unspecified atom stereocenters. The van der Waals surface area contributed by atoms with E-state index in [0.717, 1.165) is 22.2 Å². The zero-order valence-electron chi connectivity index (χ0n) is 12.0. The second-order valence-electron chi connectivity index (χ2n) is 5.20. The first-order chi connectivity index (χ1) is 9.32. The molecule has 2 rings (SSSR count). The second kappa shape index (κ2) is 5.00. The van der Waals surface area contributed by atoms with Crippen molar-refractivity contribution in [2.45, 2.75) is 13.8 Å². The highest BCUT2D eigenvalue weighted by Crippen LogP contribution is 2.25. The number of aliphatic carboxylic acids is 1. The van der Waals surface area contributed by atoms with Crippen LogP contribution in [-0.2, 0) is 18.9 Å². The number of hydrogen-bond donors (Lipinski definition) is 1. The molecule has 1 N–H and O–H groups in total. The number of allylic oxidation sites excluding steroid dienone is 1. The molecule has 20 heavy (non-hydrogen) atoms. The topological polar surface area (TPSA) is 64.2 Å². The van der Waals surface area contributed by atoms with E-state index in [0.29, 0.717) is 0 Å². The number of imidazole rings is 1. The molecule has 106 valence electrons. The Morgan fingerprint density at radius 2 is 1.80 bits per heavy atom. The molecule has 0 amide bonds.